The molecule has 2 aliphatic rings. The lowest BCUT2D eigenvalue weighted by Crippen LogP contribution is -2.44. The second-order valence-electron chi connectivity index (χ2n) is 9.47. The summed E-state index contributed by atoms with van der Waals surface area (Å²) in [6.07, 6.45) is 6.77. The second kappa shape index (κ2) is 8.25. The smallest absolute Gasteiger partial charge is 0.206 e. The van der Waals surface area contributed by atoms with Crippen molar-refractivity contribution in [3.8, 4) is 0 Å². The Balaban J connectivity index is 1.19. The average molecular weight is 473 g/mol. The van der Waals surface area contributed by atoms with Crippen LogP contribution in [-0.4, -0.2) is 52.1 Å². The summed E-state index contributed by atoms with van der Waals surface area (Å²) < 4.78 is 0. The van der Waals surface area contributed by atoms with E-state index in [9.17, 15) is 0 Å². The van der Waals surface area contributed by atoms with Crippen molar-refractivity contribution in [2.45, 2.75) is 35.2 Å². The summed E-state index contributed by atoms with van der Waals surface area (Å²) in [6.45, 7) is 1.84. The highest BCUT2D eigenvalue weighted by molar-refractivity contribution is 7.99. The van der Waals surface area contributed by atoms with Crippen molar-refractivity contribution in [1.82, 2.24) is 24.9 Å². The highest BCUT2D eigenvalue weighted by atomic mass is 32.2. The maximum Gasteiger partial charge on any atom is 0.206 e. The Morgan fingerprint density at radius 1 is 1.09 bits per heavy atom. The van der Waals surface area contributed by atoms with Crippen LogP contribution in [0.3, 0.4) is 0 Å². The maximum absolute atomic E-state index is 6.74. The molecule has 4 aromatic rings. The van der Waals surface area contributed by atoms with E-state index in [-0.39, 0.29) is 11.5 Å². The highest BCUT2D eigenvalue weighted by Crippen LogP contribution is 2.50. The molecule has 0 bridgehead atoms. The van der Waals surface area contributed by atoms with Gasteiger partial charge in [-0.2, -0.15) is 4.98 Å². The fraction of sp³-hybridized carbons (Fsp3) is 0.360. The third-order valence-electron chi connectivity index (χ3n) is 7.21. The van der Waals surface area contributed by atoms with E-state index in [1.807, 2.05) is 31.1 Å². The summed E-state index contributed by atoms with van der Waals surface area (Å²) in [6, 6.07) is 12.7. The van der Waals surface area contributed by atoms with E-state index in [1.165, 1.54) is 11.1 Å². The van der Waals surface area contributed by atoms with Crippen LogP contribution in [0.4, 0.5) is 11.8 Å². The Morgan fingerprint density at radius 3 is 2.71 bits per heavy atom. The summed E-state index contributed by atoms with van der Waals surface area (Å²) >= 11 is 1.55. The van der Waals surface area contributed by atoms with Crippen LogP contribution in [0.15, 0.2) is 58.7 Å². The molecule has 1 fully saturated rings. The van der Waals surface area contributed by atoms with E-state index < -0.39 is 0 Å². The molecule has 0 amide bonds. The number of benzene rings is 1. The third-order valence-corrected chi connectivity index (χ3v) is 8.16. The minimum Gasteiger partial charge on any atom is -0.362 e. The highest BCUT2D eigenvalue weighted by Gasteiger charge is 2.46. The van der Waals surface area contributed by atoms with Gasteiger partial charge < -0.3 is 20.5 Å². The van der Waals surface area contributed by atoms with E-state index in [1.54, 1.807) is 24.2 Å². The van der Waals surface area contributed by atoms with Crippen molar-refractivity contribution in [2.75, 3.05) is 37.0 Å². The van der Waals surface area contributed by atoms with Gasteiger partial charge in [-0.3, -0.25) is 0 Å². The second-order valence-corrected chi connectivity index (χ2v) is 10.5. The third kappa shape index (κ3) is 3.59. The van der Waals surface area contributed by atoms with Gasteiger partial charge in [0.25, 0.3) is 0 Å². The minimum atomic E-state index is 0.115. The molecule has 3 N–H and O–H groups in total. The number of H-pyrrole nitrogens is 1. The van der Waals surface area contributed by atoms with Crippen LogP contribution in [0.25, 0.3) is 11.3 Å². The summed E-state index contributed by atoms with van der Waals surface area (Å²) in [5.41, 5.74) is 11.0. The zero-order valence-electron chi connectivity index (χ0n) is 19.4. The van der Waals surface area contributed by atoms with E-state index in [2.05, 4.69) is 44.1 Å². The Morgan fingerprint density at radius 2 is 1.91 bits per heavy atom. The molecule has 1 aliphatic carbocycles. The monoisotopic (exact) mass is 472 g/mol. The van der Waals surface area contributed by atoms with Crippen LogP contribution in [0.2, 0.25) is 0 Å². The Kier molecular flexibility index (Phi) is 5.18. The van der Waals surface area contributed by atoms with Gasteiger partial charge in [0.2, 0.25) is 5.95 Å². The number of nitrogens with one attached hydrogen (secondary N) is 1. The van der Waals surface area contributed by atoms with Crippen LogP contribution in [-0.2, 0) is 6.42 Å². The van der Waals surface area contributed by atoms with Gasteiger partial charge in [0.1, 0.15) is 10.8 Å². The van der Waals surface area contributed by atoms with E-state index in [4.69, 9.17) is 15.7 Å². The summed E-state index contributed by atoms with van der Waals surface area (Å²) in [5, 5.41) is 0.800. The van der Waals surface area contributed by atoms with Gasteiger partial charge in [-0.05, 0) is 47.9 Å². The number of aromatic amines is 1. The Labute approximate surface area is 203 Å². The van der Waals surface area contributed by atoms with Crippen molar-refractivity contribution >= 4 is 34.8 Å². The molecule has 9 heteroatoms. The normalized spacial score (nSPS) is 19.0. The predicted molar refractivity (Wildman–Crippen MR) is 135 cm³/mol. The molecule has 3 aromatic heterocycles. The quantitative estimate of drug-likeness (QED) is 0.463. The molecule has 1 saturated heterocycles. The van der Waals surface area contributed by atoms with Gasteiger partial charge in [-0.25, -0.2) is 15.0 Å². The number of hydrogen-bond donors (Lipinski definition) is 2. The summed E-state index contributed by atoms with van der Waals surface area (Å²) in [5.74, 6) is 1.75. The molecule has 4 heterocycles. The SMILES string of the molecule is CN(C)c1ncccc1Sc1cnc2[nH]c(N3CCC4(CC3)Cc3ccccc3[C@H]4N)nc2n1. The summed E-state index contributed by atoms with van der Waals surface area (Å²) in [7, 11) is 3.97. The first-order valence-electron chi connectivity index (χ1n) is 11.6. The number of nitrogens with two attached hydrogens (primary N) is 1. The lowest BCUT2D eigenvalue weighted by molar-refractivity contribution is 0.187. The largest absolute Gasteiger partial charge is 0.362 e. The molecule has 0 radical (unpaired) electrons. The van der Waals surface area contributed by atoms with Crippen LogP contribution in [0.1, 0.15) is 30.0 Å². The lowest BCUT2D eigenvalue weighted by atomic mass is 9.73. The van der Waals surface area contributed by atoms with Crippen molar-refractivity contribution in [1.29, 1.82) is 0 Å². The number of aromatic nitrogens is 5. The first-order valence-corrected chi connectivity index (χ1v) is 12.5. The molecular formula is C25H28N8S. The minimum absolute atomic E-state index is 0.115. The summed E-state index contributed by atoms with van der Waals surface area (Å²) in [4.78, 5) is 27.3. The first-order chi connectivity index (χ1) is 16.5. The number of pyridine rings is 1. The molecule has 0 unspecified atom stereocenters. The molecule has 1 aliphatic heterocycles. The molecule has 6 rings (SSSR count). The predicted octanol–water partition coefficient (Wildman–Crippen LogP) is 3.81. The molecule has 174 valence electrons. The lowest BCUT2D eigenvalue weighted by Gasteiger charge is -2.42. The van der Waals surface area contributed by atoms with Crippen molar-refractivity contribution < 1.29 is 0 Å². The van der Waals surface area contributed by atoms with Gasteiger partial charge in [0.05, 0.1) is 11.1 Å². The fourth-order valence-corrected chi connectivity index (χ4v) is 6.28. The van der Waals surface area contributed by atoms with Crippen LogP contribution in [0, 0.1) is 5.41 Å². The number of fused-ring (bicyclic) bond motifs is 2. The number of piperidine rings is 1. The molecule has 0 saturated carbocycles. The number of hydrogen-bond acceptors (Lipinski definition) is 8. The van der Waals surface area contributed by atoms with Gasteiger partial charge in [-0.15, -0.1) is 0 Å². The van der Waals surface area contributed by atoms with Crippen LogP contribution in [0.5, 0.6) is 0 Å². The topological polar surface area (TPSA) is 99.9 Å². The number of rotatable bonds is 4. The Hall–Kier alpha value is -3.17. The molecule has 1 aromatic carbocycles. The van der Waals surface area contributed by atoms with Gasteiger partial charge >= 0.3 is 0 Å². The van der Waals surface area contributed by atoms with Crippen LogP contribution >= 0.6 is 11.8 Å². The zero-order chi connectivity index (χ0) is 23.3. The maximum atomic E-state index is 6.74. The van der Waals surface area contributed by atoms with Gasteiger partial charge in [0, 0.05) is 39.4 Å². The first kappa shape index (κ1) is 21.4. The van der Waals surface area contributed by atoms with E-state index in [0.717, 1.165) is 54.0 Å². The molecule has 1 atom stereocenters. The number of anilines is 2. The van der Waals surface area contributed by atoms with E-state index in [0.29, 0.717) is 11.3 Å². The zero-order valence-corrected chi connectivity index (χ0v) is 20.2. The standard InChI is InChI=1S/C25H28N8S/c1-32(2)23-18(8-5-11-27-23)34-19-15-28-21-22(29-19)31-24(30-21)33-12-9-25(10-13-33)14-16-6-3-4-7-17(16)20(25)26/h3-8,11,15,20H,9-10,12-14,26H2,1-2H3,(H,28,29,30,31)/t20-/m1/s1. The van der Waals surface area contributed by atoms with Crippen molar-refractivity contribution in [3.05, 3.63) is 59.9 Å². The van der Waals surface area contributed by atoms with Gasteiger partial charge in [-0.1, -0.05) is 36.0 Å². The molecular weight excluding hydrogens is 444 g/mol. The van der Waals surface area contributed by atoms with Crippen molar-refractivity contribution in [3.63, 3.8) is 0 Å². The molecule has 34 heavy (non-hydrogen) atoms. The fourth-order valence-electron chi connectivity index (χ4n) is 5.34. The van der Waals surface area contributed by atoms with Gasteiger partial charge in [0.15, 0.2) is 11.3 Å². The molecule has 1 spiro atoms. The average Bonchev–Trinajstić information content (AvgIpc) is 3.39. The molecule has 8 nitrogen and oxygen atoms in total. The Bertz CT molecular complexity index is 1340. The number of nitrogens with zero attached hydrogens (tertiary/aromatic N) is 6. The van der Waals surface area contributed by atoms with Crippen LogP contribution < -0.4 is 15.5 Å². The van der Waals surface area contributed by atoms with E-state index >= 15 is 0 Å². The van der Waals surface area contributed by atoms with Crippen molar-refractivity contribution in [2.24, 2.45) is 11.1 Å². The number of imidazole rings is 1.